The Balaban J connectivity index is 1.80. The average molecular weight is 335 g/mol. The summed E-state index contributed by atoms with van der Waals surface area (Å²) in [5.74, 6) is -0.465. The zero-order valence-electron chi connectivity index (χ0n) is 14.3. The van der Waals surface area contributed by atoms with E-state index in [1.807, 2.05) is 61.7 Å². The van der Waals surface area contributed by atoms with Crippen molar-refractivity contribution in [1.82, 2.24) is 10.3 Å². The van der Waals surface area contributed by atoms with Crippen molar-refractivity contribution in [2.75, 3.05) is 5.32 Å². The molecule has 0 saturated carbocycles. The average Bonchev–Trinajstić information content (AvgIpc) is 2.99. The summed E-state index contributed by atoms with van der Waals surface area (Å²) in [5, 5.41) is 6.68. The highest BCUT2D eigenvalue weighted by Crippen LogP contribution is 2.19. The molecule has 0 aliphatic carbocycles. The van der Waals surface area contributed by atoms with Crippen molar-refractivity contribution in [1.29, 1.82) is 0 Å². The molecule has 1 atom stereocenters. The van der Waals surface area contributed by atoms with E-state index in [-0.39, 0.29) is 11.8 Å². The largest absolute Gasteiger partial charge is 0.361 e. The number of aryl methyl sites for hydroxylation is 1. The molecule has 0 bridgehead atoms. The zero-order chi connectivity index (χ0) is 17.8. The summed E-state index contributed by atoms with van der Waals surface area (Å²) in [6, 6.07) is 14.8. The number of fused-ring (bicyclic) bond motifs is 1. The van der Waals surface area contributed by atoms with Gasteiger partial charge in [-0.1, -0.05) is 35.9 Å². The van der Waals surface area contributed by atoms with Crippen molar-refractivity contribution in [2.45, 2.75) is 26.3 Å². The monoisotopic (exact) mass is 335 g/mol. The van der Waals surface area contributed by atoms with Crippen molar-refractivity contribution in [3.8, 4) is 0 Å². The van der Waals surface area contributed by atoms with Crippen molar-refractivity contribution < 1.29 is 9.59 Å². The standard InChI is InChI=1S/C20H21N3O2/c1-13-7-9-16(10-8-13)23-20(25)19(22-14(2)24)11-15-12-21-18-6-4-3-5-17(15)18/h3-10,12,19,21H,11H2,1-2H3,(H,22,24)(H,23,25). The van der Waals surface area contributed by atoms with Crippen LogP contribution in [-0.2, 0) is 16.0 Å². The fourth-order valence-corrected chi connectivity index (χ4v) is 2.84. The van der Waals surface area contributed by atoms with Crippen LogP contribution < -0.4 is 10.6 Å². The normalized spacial score (nSPS) is 11.9. The molecule has 1 heterocycles. The maximum atomic E-state index is 12.7. The van der Waals surface area contributed by atoms with E-state index in [0.717, 1.165) is 22.0 Å². The SMILES string of the molecule is CC(=O)NC(Cc1c[nH]c2ccccc12)C(=O)Nc1ccc(C)cc1. The molecule has 1 aromatic heterocycles. The number of aromatic amines is 1. The zero-order valence-corrected chi connectivity index (χ0v) is 14.3. The van der Waals surface area contributed by atoms with Crippen LogP contribution in [0.3, 0.4) is 0 Å². The number of para-hydroxylation sites is 1. The lowest BCUT2D eigenvalue weighted by Gasteiger charge is -2.17. The van der Waals surface area contributed by atoms with Gasteiger partial charge in [-0.25, -0.2) is 0 Å². The van der Waals surface area contributed by atoms with E-state index in [1.54, 1.807) is 0 Å². The molecule has 0 radical (unpaired) electrons. The Bertz CT molecular complexity index is 897. The second-order valence-electron chi connectivity index (χ2n) is 6.17. The molecule has 2 amide bonds. The quantitative estimate of drug-likeness (QED) is 0.670. The van der Waals surface area contributed by atoms with Gasteiger partial charge in [0, 0.05) is 36.1 Å². The molecule has 0 aliphatic heterocycles. The van der Waals surface area contributed by atoms with Crippen LogP contribution >= 0.6 is 0 Å². The molecule has 3 aromatic rings. The molecule has 1 unspecified atom stereocenters. The third kappa shape index (κ3) is 4.07. The van der Waals surface area contributed by atoms with E-state index >= 15 is 0 Å². The minimum absolute atomic E-state index is 0.232. The molecule has 2 aromatic carbocycles. The van der Waals surface area contributed by atoms with Crippen LogP contribution in [0.2, 0.25) is 0 Å². The molecular formula is C20H21N3O2. The second kappa shape index (κ2) is 7.21. The van der Waals surface area contributed by atoms with Crippen molar-refractivity contribution in [3.05, 3.63) is 65.9 Å². The van der Waals surface area contributed by atoms with Gasteiger partial charge >= 0.3 is 0 Å². The lowest BCUT2D eigenvalue weighted by atomic mass is 10.0. The highest BCUT2D eigenvalue weighted by Gasteiger charge is 2.21. The van der Waals surface area contributed by atoms with Gasteiger partial charge in [0.25, 0.3) is 0 Å². The Hall–Kier alpha value is -3.08. The Labute approximate surface area is 146 Å². The maximum absolute atomic E-state index is 12.7. The summed E-state index contributed by atoms with van der Waals surface area (Å²) in [5.41, 5.74) is 3.84. The number of rotatable bonds is 5. The van der Waals surface area contributed by atoms with Crippen LogP contribution in [-0.4, -0.2) is 22.8 Å². The van der Waals surface area contributed by atoms with Gasteiger partial charge in [-0.15, -0.1) is 0 Å². The number of aromatic nitrogens is 1. The molecule has 3 N–H and O–H groups in total. The number of anilines is 1. The lowest BCUT2D eigenvalue weighted by molar-refractivity contribution is -0.125. The highest BCUT2D eigenvalue weighted by molar-refractivity contribution is 5.97. The Morgan fingerprint density at radius 2 is 1.80 bits per heavy atom. The van der Waals surface area contributed by atoms with Gasteiger partial charge < -0.3 is 15.6 Å². The van der Waals surface area contributed by atoms with Gasteiger partial charge in [-0.2, -0.15) is 0 Å². The van der Waals surface area contributed by atoms with Crippen molar-refractivity contribution in [3.63, 3.8) is 0 Å². The summed E-state index contributed by atoms with van der Waals surface area (Å²) in [7, 11) is 0. The number of carbonyl (C=O) groups is 2. The molecule has 5 nitrogen and oxygen atoms in total. The van der Waals surface area contributed by atoms with Crippen LogP contribution in [0, 0.1) is 6.92 Å². The third-order valence-electron chi connectivity index (χ3n) is 4.11. The lowest BCUT2D eigenvalue weighted by Crippen LogP contribution is -2.44. The maximum Gasteiger partial charge on any atom is 0.247 e. The van der Waals surface area contributed by atoms with Crippen LogP contribution in [0.15, 0.2) is 54.7 Å². The number of hydrogen-bond acceptors (Lipinski definition) is 2. The highest BCUT2D eigenvalue weighted by atomic mass is 16.2. The predicted molar refractivity (Wildman–Crippen MR) is 99.4 cm³/mol. The summed E-state index contributed by atoms with van der Waals surface area (Å²) in [6.45, 7) is 3.41. The first-order valence-electron chi connectivity index (χ1n) is 8.22. The van der Waals surface area contributed by atoms with Gasteiger partial charge in [-0.3, -0.25) is 9.59 Å². The number of benzene rings is 2. The molecule has 5 heteroatoms. The van der Waals surface area contributed by atoms with Crippen LogP contribution in [0.4, 0.5) is 5.69 Å². The summed E-state index contributed by atoms with van der Waals surface area (Å²) in [4.78, 5) is 27.4. The van der Waals surface area contributed by atoms with Crippen LogP contribution in [0.5, 0.6) is 0 Å². The first kappa shape index (κ1) is 16.8. The van der Waals surface area contributed by atoms with Gasteiger partial charge in [-0.05, 0) is 30.7 Å². The molecule has 0 aliphatic rings. The minimum atomic E-state index is -0.641. The predicted octanol–water partition coefficient (Wildman–Crippen LogP) is 3.16. The van der Waals surface area contributed by atoms with E-state index < -0.39 is 6.04 Å². The Morgan fingerprint density at radius 3 is 2.52 bits per heavy atom. The topological polar surface area (TPSA) is 74.0 Å². The smallest absolute Gasteiger partial charge is 0.247 e. The molecular weight excluding hydrogens is 314 g/mol. The van der Waals surface area contributed by atoms with Crippen molar-refractivity contribution in [2.24, 2.45) is 0 Å². The number of amides is 2. The molecule has 0 fully saturated rings. The number of H-pyrrole nitrogens is 1. The molecule has 3 rings (SSSR count). The van der Waals surface area contributed by atoms with E-state index in [9.17, 15) is 9.59 Å². The number of hydrogen-bond donors (Lipinski definition) is 3. The molecule has 25 heavy (non-hydrogen) atoms. The Kier molecular flexibility index (Phi) is 4.84. The van der Waals surface area contributed by atoms with E-state index in [1.165, 1.54) is 6.92 Å². The first-order chi connectivity index (χ1) is 12.0. The van der Waals surface area contributed by atoms with Gasteiger partial charge in [0.05, 0.1) is 0 Å². The molecule has 0 saturated heterocycles. The minimum Gasteiger partial charge on any atom is -0.361 e. The molecule has 0 spiro atoms. The van der Waals surface area contributed by atoms with Crippen LogP contribution in [0.1, 0.15) is 18.1 Å². The van der Waals surface area contributed by atoms with Crippen LogP contribution in [0.25, 0.3) is 10.9 Å². The summed E-state index contributed by atoms with van der Waals surface area (Å²) >= 11 is 0. The fourth-order valence-electron chi connectivity index (χ4n) is 2.84. The van der Waals surface area contributed by atoms with Gasteiger partial charge in [0.2, 0.25) is 11.8 Å². The van der Waals surface area contributed by atoms with E-state index in [2.05, 4.69) is 15.6 Å². The van der Waals surface area contributed by atoms with E-state index in [4.69, 9.17) is 0 Å². The number of nitrogens with one attached hydrogen (secondary N) is 3. The Morgan fingerprint density at radius 1 is 1.08 bits per heavy atom. The third-order valence-corrected chi connectivity index (χ3v) is 4.11. The van der Waals surface area contributed by atoms with Gasteiger partial charge in [0.1, 0.15) is 6.04 Å². The summed E-state index contributed by atoms with van der Waals surface area (Å²) < 4.78 is 0. The second-order valence-corrected chi connectivity index (χ2v) is 6.17. The van der Waals surface area contributed by atoms with Gasteiger partial charge in [0.15, 0.2) is 0 Å². The van der Waals surface area contributed by atoms with Crippen molar-refractivity contribution >= 4 is 28.4 Å². The fraction of sp³-hybridized carbons (Fsp3) is 0.200. The molecule has 128 valence electrons. The first-order valence-corrected chi connectivity index (χ1v) is 8.22. The number of carbonyl (C=O) groups excluding carboxylic acids is 2. The van der Waals surface area contributed by atoms with E-state index in [0.29, 0.717) is 12.1 Å². The summed E-state index contributed by atoms with van der Waals surface area (Å²) in [6.07, 6.45) is 2.31.